The van der Waals surface area contributed by atoms with Crippen LogP contribution in [-0.2, 0) is 14.9 Å². The highest BCUT2D eigenvalue weighted by Gasteiger charge is 2.47. The predicted octanol–water partition coefficient (Wildman–Crippen LogP) is 3.45. The fourth-order valence-corrected chi connectivity index (χ4v) is 6.22. The zero-order valence-corrected chi connectivity index (χ0v) is 25.0. The van der Waals surface area contributed by atoms with Crippen molar-refractivity contribution in [3.8, 4) is 28.7 Å². The number of carbonyl (C=O) groups is 3. The van der Waals surface area contributed by atoms with E-state index in [2.05, 4.69) is 0 Å². The summed E-state index contributed by atoms with van der Waals surface area (Å²) < 4.78 is 53.2. The number of β-lactam (4-membered cyclic amide) rings is 1. The predicted molar refractivity (Wildman–Crippen MR) is 155 cm³/mol. The summed E-state index contributed by atoms with van der Waals surface area (Å²) in [6.07, 6.45) is 0. The van der Waals surface area contributed by atoms with Crippen LogP contribution in [0.25, 0.3) is 0 Å². The zero-order valence-electron chi connectivity index (χ0n) is 24.2. The lowest BCUT2D eigenvalue weighted by Gasteiger charge is -2.46. The summed E-state index contributed by atoms with van der Waals surface area (Å²) >= 11 is 0. The van der Waals surface area contributed by atoms with Crippen LogP contribution in [0.5, 0.6) is 28.7 Å². The van der Waals surface area contributed by atoms with Crippen LogP contribution in [0.2, 0.25) is 0 Å². The maximum atomic E-state index is 13.1. The monoisotopic (exact) mass is 610 g/mol. The largest absolute Gasteiger partial charge is 0.493 e. The highest BCUT2D eigenvalue weighted by Crippen LogP contribution is 2.49. The number of fused-ring (bicyclic) bond motifs is 1. The molecule has 0 bridgehead atoms. The van der Waals surface area contributed by atoms with Gasteiger partial charge < -0.3 is 28.0 Å². The molecule has 1 saturated heterocycles. The molecule has 2 aliphatic rings. The number of carbonyl (C=O) groups excluding carboxylic acids is 3. The van der Waals surface area contributed by atoms with Crippen LogP contribution < -0.4 is 28.0 Å². The highest BCUT2D eigenvalue weighted by atomic mass is 32.2. The maximum absolute atomic E-state index is 13.1. The van der Waals surface area contributed by atoms with Crippen LogP contribution in [0.15, 0.2) is 54.6 Å². The first-order chi connectivity index (χ1) is 20.5. The van der Waals surface area contributed by atoms with E-state index in [9.17, 15) is 22.8 Å². The lowest BCUT2D eigenvalue weighted by Crippen LogP contribution is -2.54. The van der Waals surface area contributed by atoms with E-state index >= 15 is 0 Å². The summed E-state index contributed by atoms with van der Waals surface area (Å²) in [6, 6.07) is 13.9. The van der Waals surface area contributed by atoms with Crippen molar-refractivity contribution in [3.63, 3.8) is 0 Å². The third-order valence-corrected chi connectivity index (χ3v) is 8.61. The van der Waals surface area contributed by atoms with Crippen LogP contribution >= 0.6 is 0 Å². The third kappa shape index (κ3) is 5.20. The summed E-state index contributed by atoms with van der Waals surface area (Å²) in [4.78, 5) is 40.8. The van der Waals surface area contributed by atoms with Gasteiger partial charge in [-0.05, 0) is 29.8 Å². The van der Waals surface area contributed by atoms with Gasteiger partial charge in [0.15, 0.2) is 23.0 Å². The topological polar surface area (TPSA) is 138 Å². The zero-order chi connectivity index (χ0) is 31.1. The Bertz CT molecular complexity index is 1660. The maximum Gasteiger partial charge on any atom is 0.311 e. The fraction of sp³-hybridized carbons (Fsp3) is 0.300. The standard InChI is InChI=1S/C30H30N2O10S/c1-17-26(32(28(17)33)19-15-24(39-3)27(41-5)25(16-19)40-4)18-10-11-22(38-2)23(14-18)42-43(36,37)13-12-31-29(34)20-8-6-7-9-21(20)30(31)35/h6-11,14-17,26H,12-13H2,1-5H3/t17?,26-/m1/s1. The first kappa shape index (κ1) is 29.7. The van der Waals surface area contributed by atoms with Crippen molar-refractivity contribution in [2.24, 2.45) is 5.92 Å². The number of rotatable bonds is 11. The average molecular weight is 611 g/mol. The van der Waals surface area contributed by atoms with Gasteiger partial charge in [0.05, 0.1) is 57.2 Å². The molecule has 3 amide bonds. The van der Waals surface area contributed by atoms with Crippen LogP contribution in [0.4, 0.5) is 5.69 Å². The molecule has 0 spiro atoms. The number of ether oxygens (including phenoxy) is 4. The second-order valence-electron chi connectivity index (χ2n) is 9.89. The van der Waals surface area contributed by atoms with Gasteiger partial charge in [0.25, 0.3) is 11.8 Å². The molecule has 226 valence electrons. The molecule has 43 heavy (non-hydrogen) atoms. The smallest absolute Gasteiger partial charge is 0.311 e. The van der Waals surface area contributed by atoms with Crippen LogP contribution in [0.3, 0.4) is 0 Å². The summed E-state index contributed by atoms with van der Waals surface area (Å²) in [5, 5.41) is 0. The lowest BCUT2D eigenvalue weighted by molar-refractivity contribution is -0.129. The summed E-state index contributed by atoms with van der Waals surface area (Å²) in [5.74, 6) is -1.21. The van der Waals surface area contributed by atoms with E-state index in [-0.39, 0.29) is 35.1 Å². The Balaban J connectivity index is 1.39. The Morgan fingerprint density at radius 1 is 0.744 bits per heavy atom. The minimum Gasteiger partial charge on any atom is -0.493 e. The molecular formula is C30H30N2O10S. The minimum atomic E-state index is -4.29. The van der Waals surface area contributed by atoms with Gasteiger partial charge >= 0.3 is 10.1 Å². The first-order valence-electron chi connectivity index (χ1n) is 13.2. The Morgan fingerprint density at radius 3 is 1.86 bits per heavy atom. The first-order valence-corrected chi connectivity index (χ1v) is 14.8. The van der Waals surface area contributed by atoms with Gasteiger partial charge in [-0.15, -0.1) is 0 Å². The molecule has 0 radical (unpaired) electrons. The molecule has 5 rings (SSSR count). The molecular weight excluding hydrogens is 580 g/mol. The van der Waals surface area contributed by atoms with E-state index in [0.717, 1.165) is 4.90 Å². The van der Waals surface area contributed by atoms with Crippen molar-refractivity contribution >= 4 is 33.5 Å². The number of benzene rings is 3. The normalized spacial score (nSPS) is 17.8. The second-order valence-corrected chi connectivity index (χ2v) is 11.6. The van der Waals surface area contributed by atoms with Crippen molar-refractivity contribution in [3.05, 3.63) is 71.3 Å². The molecule has 13 heteroatoms. The van der Waals surface area contributed by atoms with Gasteiger partial charge in [-0.2, -0.15) is 8.42 Å². The molecule has 0 N–H and O–H groups in total. The Morgan fingerprint density at radius 2 is 1.33 bits per heavy atom. The van der Waals surface area contributed by atoms with Crippen molar-refractivity contribution < 1.29 is 45.9 Å². The van der Waals surface area contributed by atoms with E-state index in [0.29, 0.717) is 28.5 Å². The summed E-state index contributed by atoms with van der Waals surface area (Å²) in [6.45, 7) is 1.38. The molecule has 3 aromatic carbocycles. The Labute approximate surface area is 248 Å². The fourth-order valence-electron chi connectivity index (χ4n) is 5.33. The number of anilines is 1. The SMILES string of the molecule is COc1ccc([C@H]2C(C)C(=O)N2c2cc(OC)c(OC)c(OC)c2)cc1OS(=O)(=O)CCN1C(=O)c2ccccc2C1=O. The van der Waals surface area contributed by atoms with E-state index in [1.165, 1.54) is 46.6 Å². The lowest BCUT2D eigenvalue weighted by atomic mass is 9.83. The van der Waals surface area contributed by atoms with Crippen LogP contribution in [-0.4, -0.2) is 71.8 Å². The number of hydrogen-bond donors (Lipinski definition) is 0. The van der Waals surface area contributed by atoms with Crippen molar-refractivity contribution in [1.29, 1.82) is 0 Å². The van der Waals surface area contributed by atoms with Crippen molar-refractivity contribution in [1.82, 2.24) is 4.90 Å². The second kappa shape index (κ2) is 11.5. The van der Waals surface area contributed by atoms with Gasteiger partial charge in [-0.3, -0.25) is 19.3 Å². The third-order valence-electron chi connectivity index (χ3n) is 7.50. The number of nitrogens with zero attached hydrogens (tertiary/aromatic N) is 2. The quantitative estimate of drug-likeness (QED) is 0.180. The average Bonchev–Trinajstić information content (AvgIpc) is 3.25. The summed E-state index contributed by atoms with van der Waals surface area (Å²) in [5.41, 5.74) is 1.53. The number of imide groups is 1. The minimum absolute atomic E-state index is 0.0984. The number of amides is 3. The van der Waals surface area contributed by atoms with Gasteiger partial charge in [0, 0.05) is 18.7 Å². The Kier molecular flexibility index (Phi) is 7.93. The van der Waals surface area contributed by atoms with Gasteiger partial charge in [-0.25, -0.2) is 0 Å². The molecule has 1 unspecified atom stereocenters. The molecule has 2 aliphatic heterocycles. The molecule has 0 saturated carbocycles. The van der Waals surface area contributed by atoms with E-state index < -0.39 is 39.6 Å². The number of methoxy groups -OCH3 is 4. The molecule has 2 atom stereocenters. The molecule has 2 heterocycles. The van der Waals surface area contributed by atoms with Gasteiger partial charge in [-0.1, -0.05) is 25.1 Å². The van der Waals surface area contributed by atoms with Crippen molar-refractivity contribution in [2.75, 3.05) is 45.6 Å². The number of hydrogen-bond acceptors (Lipinski definition) is 10. The van der Waals surface area contributed by atoms with E-state index in [1.807, 2.05) is 0 Å². The molecule has 3 aromatic rings. The highest BCUT2D eigenvalue weighted by molar-refractivity contribution is 7.87. The molecule has 12 nitrogen and oxygen atoms in total. The van der Waals surface area contributed by atoms with Crippen LogP contribution in [0.1, 0.15) is 39.2 Å². The van der Waals surface area contributed by atoms with E-state index in [1.54, 1.807) is 48.2 Å². The molecule has 0 aromatic heterocycles. The van der Waals surface area contributed by atoms with E-state index in [4.69, 9.17) is 23.1 Å². The van der Waals surface area contributed by atoms with Gasteiger partial charge in [0.1, 0.15) is 5.75 Å². The molecule has 1 fully saturated rings. The molecule has 0 aliphatic carbocycles. The van der Waals surface area contributed by atoms with Crippen molar-refractivity contribution in [2.45, 2.75) is 13.0 Å². The van der Waals surface area contributed by atoms with Gasteiger partial charge in [0.2, 0.25) is 11.7 Å². The van der Waals surface area contributed by atoms with Crippen LogP contribution in [0, 0.1) is 5.92 Å². The summed E-state index contributed by atoms with van der Waals surface area (Å²) in [7, 11) is 1.50. The Hall–Kier alpha value is -4.78.